The number of amides is 1. The third-order valence-electron chi connectivity index (χ3n) is 5.98. The number of aromatic nitrogens is 3. The molecule has 2 aliphatic carbocycles. The van der Waals surface area contributed by atoms with E-state index in [1.54, 1.807) is 0 Å². The third kappa shape index (κ3) is 3.26. The van der Waals surface area contributed by atoms with Gasteiger partial charge in [0.05, 0.1) is 6.20 Å². The Balaban J connectivity index is 1.41. The second kappa shape index (κ2) is 6.83. The summed E-state index contributed by atoms with van der Waals surface area (Å²) in [4.78, 5) is 12.6. The minimum atomic E-state index is -0.771. The van der Waals surface area contributed by atoms with Gasteiger partial charge >= 0.3 is 0 Å². The van der Waals surface area contributed by atoms with E-state index in [4.69, 9.17) is 0 Å². The first kappa shape index (κ1) is 17.2. The van der Waals surface area contributed by atoms with Crippen molar-refractivity contribution in [2.75, 3.05) is 0 Å². The molecule has 2 N–H and O–H groups in total. The molecule has 2 atom stereocenters. The minimum absolute atomic E-state index is 0.00283. The lowest BCUT2D eigenvalue weighted by Crippen LogP contribution is -2.39. The average Bonchev–Trinajstić information content (AvgIpc) is 3.24. The van der Waals surface area contributed by atoms with Crippen molar-refractivity contribution in [3.63, 3.8) is 0 Å². The van der Waals surface area contributed by atoms with Crippen molar-refractivity contribution in [2.45, 2.75) is 63.6 Å². The van der Waals surface area contributed by atoms with E-state index in [-0.39, 0.29) is 11.9 Å². The van der Waals surface area contributed by atoms with Crippen LogP contribution in [0.1, 0.15) is 60.1 Å². The molecule has 0 bridgehead atoms. The summed E-state index contributed by atoms with van der Waals surface area (Å²) in [6.45, 7) is 2.69. The van der Waals surface area contributed by atoms with Gasteiger partial charge in [-0.25, -0.2) is 0 Å². The van der Waals surface area contributed by atoms with Gasteiger partial charge in [0, 0.05) is 18.2 Å². The maximum atomic E-state index is 12.6. The highest BCUT2D eigenvalue weighted by atomic mass is 16.3. The summed E-state index contributed by atoms with van der Waals surface area (Å²) in [5.74, 6) is 0.344. The summed E-state index contributed by atoms with van der Waals surface area (Å²) in [6.07, 6.45) is 7.62. The van der Waals surface area contributed by atoms with Gasteiger partial charge < -0.3 is 10.4 Å². The molecular formula is C20H26N4O2. The number of rotatable bonds is 5. The topological polar surface area (TPSA) is 80.0 Å². The molecule has 2 saturated carbocycles. The number of hydrogen-bond donors (Lipinski definition) is 2. The Bertz CT molecular complexity index is 797. The number of carbonyl (C=O) groups excluding carboxylic acids is 1. The lowest BCUT2D eigenvalue weighted by molar-refractivity contribution is -0.0427. The maximum Gasteiger partial charge on any atom is 0.251 e. The van der Waals surface area contributed by atoms with Crippen molar-refractivity contribution in [3.05, 3.63) is 47.3 Å². The molecule has 2 fully saturated rings. The fraction of sp³-hybridized carbons (Fsp3) is 0.550. The molecule has 0 aliphatic heterocycles. The number of nitrogens with zero attached hydrogens (tertiary/aromatic N) is 3. The zero-order valence-corrected chi connectivity index (χ0v) is 15.2. The van der Waals surface area contributed by atoms with E-state index in [0.29, 0.717) is 11.6 Å². The number of nitrogens with one attached hydrogen (secondary N) is 1. The van der Waals surface area contributed by atoms with E-state index in [9.17, 15) is 9.90 Å². The molecule has 1 aromatic heterocycles. The Morgan fingerprint density at radius 2 is 2.12 bits per heavy atom. The number of carbonyl (C=O) groups is 1. The largest absolute Gasteiger partial charge is 0.383 e. The van der Waals surface area contributed by atoms with E-state index >= 15 is 0 Å². The lowest BCUT2D eigenvalue weighted by atomic mass is 9.78. The first-order valence-corrected chi connectivity index (χ1v) is 9.55. The summed E-state index contributed by atoms with van der Waals surface area (Å²) in [5.41, 5.74) is 1.65. The summed E-state index contributed by atoms with van der Waals surface area (Å²) in [7, 11) is 0. The van der Waals surface area contributed by atoms with E-state index in [1.165, 1.54) is 0 Å². The molecule has 4 rings (SSSR count). The highest BCUT2D eigenvalue weighted by Crippen LogP contribution is 2.39. The molecule has 2 aromatic rings. The van der Waals surface area contributed by atoms with Crippen LogP contribution in [0.2, 0.25) is 0 Å². The summed E-state index contributed by atoms with van der Waals surface area (Å²) >= 11 is 0. The van der Waals surface area contributed by atoms with Crippen LogP contribution in [0.5, 0.6) is 0 Å². The first-order valence-electron chi connectivity index (χ1n) is 9.55. The Hall–Kier alpha value is -2.21. The zero-order chi connectivity index (χ0) is 18.1. The second-order valence-corrected chi connectivity index (χ2v) is 7.80. The van der Waals surface area contributed by atoms with Gasteiger partial charge in [0.25, 0.3) is 5.91 Å². The van der Waals surface area contributed by atoms with Crippen molar-refractivity contribution in [3.8, 4) is 0 Å². The fourth-order valence-electron chi connectivity index (χ4n) is 4.13. The normalized spacial score (nSPS) is 24.2. The molecule has 0 saturated heterocycles. The second-order valence-electron chi connectivity index (χ2n) is 7.80. The SMILES string of the molecule is Cc1ccccc1C(=O)N[C@@H]1CCC[C@@H]1Cn1cc(C2(O)CCC2)nn1. The molecule has 0 radical (unpaired) electrons. The number of hydrogen-bond acceptors (Lipinski definition) is 4. The summed E-state index contributed by atoms with van der Waals surface area (Å²) in [5, 5.41) is 22.0. The molecule has 1 aromatic carbocycles. The third-order valence-corrected chi connectivity index (χ3v) is 5.98. The van der Waals surface area contributed by atoms with Crippen molar-refractivity contribution in [1.82, 2.24) is 20.3 Å². The van der Waals surface area contributed by atoms with Gasteiger partial charge in [0.15, 0.2) is 0 Å². The van der Waals surface area contributed by atoms with E-state index in [0.717, 1.165) is 56.2 Å². The predicted octanol–water partition coefficient (Wildman–Crippen LogP) is 2.56. The van der Waals surface area contributed by atoms with Crippen molar-refractivity contribution < 1.29 is 9.90 Å². The quantitative estimate of drug-likeness (QED) is 0.865. The van der Waals surface area contributed by atoms with E-state index in [1.807, 2.05) is 42.1 Å². The van der Waals surface area contributed by atoms with Crippen LogP contribution in [0.4, 0.5) is 0 Å². The number of aryl methyl sites for hydroxylation is 1. The zero-order valence-electron chi connectivity index (χ0n) is 15.2. The van der Waals surface area contributed by atoms with E-state index in [2.05, 4.69) is 15.6 Å². The molecule has 2 aliphatic rings. The van der Waals surface area contributed by atoms with Gasteiger partial charge in [-0.2, -0.15) is 0 Å². The van der Waals surface area contributed by atoms with Crippen LogP contribution < -0.4 is 5.32 Å². The standard InChI is InChI=1S/C20H26N4O2/c1-14-6-2-3-8-16(14)19(25)21-17-9-4-7-15(17)12-24-13-18(22-23-24)20(26)10-5-11-20/h2-3,6,8,13,15,17,26H,4-5,7,9-12H2,1H3,(H,21,25)/t15-,17-/m1/s1. The molecule has 1 heterocycles. The van der Waals surface area contributed by atoms with Crippen LogP contribution in [0.3, 0.4) is 0 Å². The van der Waals surface area contributed by atoms with Crippen LogP contribution >= 0.6 is 0 Å². The van der Waals surface area contributed by atoms with Gasteiger partial charge in [-0.05, 0) is 56.6 Å². The maximum absolute atomic E-state index is 12.6. The van der Waals surface area contributed by atoms with Crippen molar-refractivity contribution >= 4 is 5.91 Å². The smallest absolute Gasteiger partial charge is 0.251 e. The van der Waals surface area contributed by atoms with Gasteiger partial charge in [-0.3, -0.25) is 9.48 Å². The van der Waals surface area contributed by atoms with Gasteiger partial charge in [0.2, 0.25) is 0 Å². The highest BCUT2D eigenvalue weighted by Gasteiger charge is 2.39. The Kier molecular flexibility index (Phi) is 4.53. The molecule has 1 amide bonds. The van der Waals surface area contributed by atoms with Crippen molar-refractivity contribution in [2.24, 2.45) is 5.92 Å². The molecule has 0 spiro atoms. The average molecular weight is 354 g/mol. The lowest BCUT2D eigenvalue weighted by Gasteiger charge is -2.34. The summed E-state index contributed by atoms with van der Waals surface area (Å²) < 4.78 is 1.83. The fourth-order valence-corrected chi connectivity index (χ4v) is 4.13. The van der Waals surface area contributed by atoms with Crippen LogP contribution in [-0.2, 0) is 12.1 Å². The minimum Gasteiger partial charge on any atom is -0.383 e. The van der Waals surface area contributed by atoms with Crippen molar-refractivity contribution in [1.29, 1.82) is 0 Å². The number of aliphatic hydroxyl groups is 1. The Labute approximate surface area is 153 Å². The van der Waals surface area contributed by atoms with Gasteiger partial charge in [0.1, 0.15) is 11.3 Å². The van der Waals surface area contributed by atoms with E-state index < -0.39 is 5.60 Å². The Morgan fingerprint density at radius 3 is 2.85 bits per heavy atom. The van der Waals surface area contributed by atoms with Gasteiger partial charge in [-0.15, -0.1) is 5.10 Å². The molecular weight excluding hydrogens is 328 g/mol. The summed E-state index contributed by atoms with van der Waals surface area (Å²) in [6, 6.07) is 7.83. The molecule has 138 valence electrons. The molecule has 26 heavy (non-hydrogen) atoms. The first-order chi connectivity index (χ1) is 12.5. The highest BCUT2D eigenvalue weighted by molar-refractivity contribution is 5.95. The predicted molar refractivity (Wildman–Crippen MR) is 97.5 cm³/mol. The van der Waals surface area contributed by atoms with Gasteiger partial charge in [-0.1, -0.05) is 29.8 Å². The van der Waals surface area contributed by atoms with Crippen LogP contribution in [0.25, 0.3) is 0 Å². The van der Waals surface area contributed by atoms with Crippen LogP contribution in [-0.4, -0.2) is 32.0 Å². The monoisotopic (exact) mass is 354 g/mol. The Morgan fingerprint density at radius 1 is 1.31 bits per heavy atom. The molecule has 0 unspecified atom stereocenters. The molecule has 6 nitrogen and oxygen atoms in total. The molecule has 6 heteroatoms. The number of benzene rings is 1. The van der Waals surface area contributed by atoms with Crippen LogP contribution in [0, 0.1) is 12.8 Å². The van der Waals surface area contributed by atoms with Crippen LogP contribution in [0.15, 0.2) is 30.5 Å².